The molecule has 2 fully saturated rings. The maximum Gasteiger partial charge on any atom is 0.332 e. The molecule has 2 unspecified atom stereocenters. The summed E-state index contributed by atoms with van der Waals surface area (Å²) in [5, 5.41) is 14.7. The molecular weight excluding hydrogens is 262 g/mol. The number of nitrogens with zero attached hydrogens (tertiary/aromatic N) is 1. The summed E-state index contributed by atoms with van der Waals surface area (Å²) in [6, 6.07) is -0.335. The molecule has 2 rings (SSSR count). The number of carboxylic acid groups (broad SMARTS) is 1. The van der Waals surface area contributed by atoms with E-state index in [1.54, 1.807) is 0 Å². The number of nitrogens with one attached hydrogen (secondary N) is 2. The van der Waals surface area contributed by atoms with Gasteiger partial charge >= 0.3 is 12.0 Å². The third-order valence-corrected chi connectivity index (χ3v) is 4.07. The number of likely N-dealkylation sites (tertiary alicyclic amines) is 1. The van der Waals surface area contributed by atoms with Crippen molar-refractivity contribution in [2.45, 2.75) is 37.8 Å². The average molecular weight is 285 g/mol. The van der Waals surface area contributed by atoms with Gasteiger partial charge in [-0.1, -0.05) is 6.92 Å². The van der Waals surface area contributed by atoms with Crippen molar-refractivity contribution in [1.82, 2.24) is 15.5 Å². The molecule has 2 aliphatic rings. The van der Waals surface area contributed by atoms with Gasteiger partial charge in [0.2, 0.25) is 0 Å². The number of rotatable bonds is 4. The molecule has 7 nitrogen and oxygen atoms in total. The summed E-state index contributed by atoms with van der Waals surface area (Å²) in [6.07, 6.45) is 2.29. The first-order valence-corrected chi connectivity index (χ1v) is 7.18. The molecule has 0 radical (unpaired) electrons. The largest absolute Gasteiger partial charge is 0.479 e. The minimum atomic E-state index is -1.27. The first-order valence-electron chi connectivity index (χ1n) is 7.18. The Labute approximate surface area is 118 Å². The van der Waals surface area contributed by atoms with Crippen LogP contribution in [0.2, 0.25) is 0 Å². The smallest absolute Gasteiger partial charge is 0.332 e. The van der Waals surface area contributed by atoms with Gasteiger partial charge in [-0.3, -0.25) is 0 Å². The first kappa shape index (κ1) is 15.1. The number of urea groups is 1. The second kappa shape index (κ2) is 6.41. The van der Waals surface area contributed by atoms with E-state index in [0.29, 0.717) is 13.0 Å². The van der Waals surface area contributed by atoms with Crippen molar-refractivity contribution in [3.05, 3.63) is 0 Å². The fourth-order valence-corrected chi connectivity index (χ4v) is 2.79. The van der Waals surface area contributed by atoms with Crippen LogP contribution in [0.3, 0.4) is 0 Å². The number of aliphatic carboxylic acids is 1. The number of hydrogen-bond donors (Lipinski definition) is 3. The molecule has 0 aromatic carbocycles. The second-order valence-corrected chi connectivity index (χ2v) is 5.52. The van der Waals surface area contributed by atoms with E-state index >= 15 is 0 Å². The SMILES string of the molecule is CCN1CCCC(NC(=O)NC2(C(=O)O)CCOC2)C1. The van der Waals surface area contributed by atoms with Gasteiger partial charge < -0.3 is 25.4 Å². The summed E-state index contributed by atoms with van der Waals surface area (Å²) in [5.41, 5.74) is -1.27. The Balaban J connectivity index is 1.87. The monoisotopic (exact) mass is 285 g/mol. The van der Waals surface area contributed by atoms with Crippen molar-refractivity contribution in [3.8, 4) is 0 Å². The third-order valence-electron chi connectivity index (χ3n) is 4.07. The lowest BCUT2D eigenvalue weighted by Crippen LogP contribution is -2.60. The van der Waals surface area contributed by atoms with E-state index in [1.165, 1.54) is 0 Å². The lowest BCUT2D eigenvalue weighted by Gasteiger charge is -2.33. The van der Waals surface area contributed by atoms with Gasteiger partial charge in [0.1, 0.15) is 0 Å². The number of carbonyl (C=O) groups is 2. The minimum Gasteiger partial charge on any atom is -0.479 e. The molecule has 3 N–H and O–H groups in total. The van der Waals surface area contributed by atoms with E-state index in [2.05, 4.69) is 22.5 Å². The molecule has 0 aromatic heterocycles. The molecular formula is C13H23N3O4. The lowest BCUT2D eigenvalue weighted by molar-refractivity contribution is -0.144. The van der Waals surface area contributed by atoms with Gasteiger partial charge in [-0.05, 0) is 25.9 Å². The zero-order chi connectivity index (χ0) is 14.6. The zero-order valence-corrected chi connectivity index (χ0v) is 11.9. The number of carboxylic acids is 1. The van der Waals surface area contributed by atoms with E-state index in [1.807, 2.05) is 0 Å². The van der Waals surface area contributed by atoms with Gasteiger partial charge in [0.05, 0.1) is 6.61 Å². The number of piperidine rings is 1. The van der Waals surface area contributed by atoms with E-state index in [4.69, 9.17) is 4.74 Å². The maximum atomic E-state index is 12.0. The van der Waals surface area contributed by atoms with Crippen LogP contribution in [0.5, 0.6) is 0 Å². The van der Waals surface area contributed by atoms with E-state index in [-0.39, 0.29) is 12.6 Å². The van der Waals surface area contributed by atoms with Crippen LogP contribution in [0.4, 0.5) is 4.79 Å². The Morgan fingerprint density at radius 2 is 2.30 bits per heavy atom. The fourth-order valence-electron chi connectivity index (χ4n) is 2.79. The Kier molecular flexibility index (Phi) is 4.82. The van der Waals surface area contributed by atoms with Crippen molar-refractivity contribution in [2.75, 3.05) is 32.8 Å². The highest BCUT2D eigenvalue weighted by atomic mass is 16.5. The fraction of sp³-hybridized carbons (Fsp3) is 0.846. The van der Waals surface area contributed by atoms with Crippen molar-refractivity contribution in [3.63, 3.8) is 0 Å². The predicted octanol–water partition coefficient (Wildman–Crippen LogP) is 0.0136. The van der Waals surface area contributed by atoms with Gasteiger partial charge in [0, 0.05) is 25.6 Å². The summed E-state index contributed by atoms with van der Waals surface area (Å²) < 4.78 is 5.12. The summed E-state index contributed by atoms with van der Waals surface area (Å²) in [7, 11) is 0. The summed E-state index contributed by atoms with van der Waals surface area (Å²) in [4.78, 5) is 25.6. The quantitative estimate of drug-likeness (QED) is 0.677. The average Bonchev–Trinajstić information content (AvgIpc) is 2.88. The van der Waals surface area contributed by atoms with Crippen LogP contribution >= 0.6 is 0 Å². The number of hydrogen-bond acceptors (Lipinski definition) is 4. The molecule has 114 valence electrons. The number of carbonyl (C=O) groups excluding carboxylic acids is 1. The van der Waals surface area contributed by atoms with Crippen molar-refractivity contribution >= 4 is 12.0 Å². The molecule has 0 aliphatic carbocycles. The lowest BCUT2D eigenvalue weighted by atomic mass is 9.99. The molecule has 20 heavy (non-hydrogen) atoms. The van der Waals surface area contributed by atoms with Gasteiger partial charge in [-0.2, -0.15) is 0 Å². The van der Waals surface area contributed by atoms with Gasteiger partial charge in [0.25, 0.3) is 0 Å². The molecule has 2 heterocycles. The van der Waals surface area contributed by atoms with E-state index < -0.39 is 17.5 Å². The highest BCUT2D eigenvalue weighted by Gasteiger charge is 2.44. The van der Waals surface area contributed by atoms with Crippen molar-refractivity contribution < 1.29 is 19.4 Å². The standard InChI is InChI=1S/C13H23N3O4/c1-2-16-6-3-4-10(8-16)14-12(19)15-13(11(17)18)5-7-20-9-13/h10H,2-9H2,1H3,(H,17,18)(H2,14,15,19). The third kappa shape index (κ3) is 3.40. The Hall–Kier alpha value is -1.34. The summed E-state index contributed by atoms with van der Waals surface area (Å²) in [6.45, 7) is 5.33. The van der Waals surface area contributed by atoms with Crippen LogP contribution in [0.1, 0.15) is 26.2 Å². The molecule has 2 atom stereocenters. The molecule has 7 heteroatoms. The molecule has 2 amide bonds. The highest BCUT2D eigenvalue weighted by molar-refractivity contribution is 5.86. The minimum absolute atomic E-state index is 0.0293. The zero-order valence-electron chi connectivity index (χ0n) is 11.9. The van der Waals surface area contributed by atoms with Crippen LogP contribution < -0.4 is 10.6 Å². The van der Waals surface area contributed by atoms with Crippen LogP contribution in [0.15, 0.2) is 0 Å². The molecule has 2 saturated heterocycles. The Morgan fingerprint density at radius 3 is 2.90 bits per heavy atom. The van der Waals surface area contributed by atoms with Crippen LogP contribution in [-0.2, 0) is 9.53 Å². The number of ether oxygens (including phenoxy) is 1. The predicted molar refractivity (Wildman–Crippen MR) is 72.6 cm³/mol. The summed E-state index contributed by atoms with van der Waals surface area (Å²) >= 11 is 0. The molecule has 2 aliphatic heterocycles. The van der Waals surface area contributed by atoms with E-state index in [0.717, 1.165) is 32.5 Å². The second-order valence-electron chi connectivity index (χ2n) is 5.52. The maximum absolute atomic E-state index is 12.0. The Morgan fingerprint density at radius 1 is 1.50 bits per heavy atom. The van der Waals surface area contributed by atoms with Gasteiger partial charge in [-0.15, -0.1) is 0 Å². The molecule has 0 spiro atoms. The topological polar surface area (TPSA) is 90.9 Å². The Bertz CT molecular complexity index is 369. The first-order chi connectivity index (χ1) is 9.55. The normalized spacial score (nSPS) is 30.9. The highest BCUT2D eigenvalue weighted by Crippen LogP contribution is 2.19. The number of amides is 2. The van der Waals surface area contributed by atoms with Gasteiger partial charge in [0.15, 0.2) is 5.54 Å². The van der Waals surface area contributed by atoms with Crippen LogP contribution in [0.25, 0.3) is 0 Å². The molecule has 0 saturated carbocycles. The number of likely N-dealkylation sites (N-methyl/N-ethyl adjacent to an activating group) is 1. The van der Waals surface area contributed by atoms with Gasteiger partial charge in [-0.25, -0.2) is 9.59 Å². The molecule has 0 bridgehead atoms. The van der Waals surface area contributed by atoms with Crippen LogP contribution in [0, 0.1) is 0 Å². The summed E-state index contributed by atoms with van der Waals surface area (Å²) in [5.74, 6) is -1.04. The van der Waals surface area contributed by atoms with E-state index in [9.17, 15) is 14.7 Å². The van der Waals surface area contributed by atoms with Crippen molar-refractivity contribution in [2.24, 2.45) is 0 Å². The van der Waals surface area contributed by atoms with Crippen molar-refractivity contribution in [1.29, 1.82) is 0 Å². The molecule has 0 aromatic rings. The van der Waals surface area contributed by atoms with Crippen LogP contribution in [-0.4, -0.2) is 66.4 Å².